The smallest absolute Gasteiger partial charge is 0.341 e. The maximum Gasteiger partial charge on any atom is 0.341 e. The normalized spacial score (nSPS) is 15.7. The zero-order valence-corrected chi connectivity index (χ0v) is 17.1. The first-order chi connectivity index (χ1) is 15.6. The van der Waals surface area contributed by atoms with E-state index in [1.807, 2.05) is 30.3 Å². The Hall–Kier alpha value is -4.34. The third-order valence-corrected chi connectivity index (χ3v) is 4.66. The van der Waals surface area contributed by atoms with Crippen molar-refractivity contribution >= 4 is 18.0 Å². The van der Waals surface area contributed by atoms with Crippen molar-refractivity contribution in [3.8, 4) is 5.69 Å². The Balaban J connectivity index is 1.56. The van der Waals surface area contributed by atoms with Crippen LogP contribution in [0.25, 0.3) is 5.69 Å². The van der Waals surface area contributed by atoms with E-state index in [0.29, 0.717) is 5.76 Å². The fourth-order valence-corrected chi connectivity index (χ4v) is 3.22. The van der Waals surface area contributed by atoms with Crippen molar-refractivity contribution in [1.82, 2.24) is 20.4 Å². The number of benzene rings is 1. The van der Waals surface area contributed by atoms with Crippen LogP contribution in [0.4, 0.5) is 4.79 Å². The molecular formula is C22H20N4O6. The van der Waals surface area contributed by atoms with Crippen molar-refractivity contribution < 1.29 is 28.3 Å². The molecule has 0 bridgehead atoms. The van der Waals surface area contributed by atoms with E-state index in [1.54, 1.807) is 23.7 Å². The molecule has 0 saturated heterocycles. The van der Waals surface area contributed by atoms with E-state index >= 15 is 0 Å². The molecule has 10 nitrogen and oxygen atoms in total. The number of amides is 2. The van der Waals surface area contributed by atoms with Gasteiger partial charge in [-0.3, -0.25) is 0 Å². The van der Waals surface area contributed by atoms with Gasteiger partial charge in [0, 0.05) is 6.20 Å². The number of nitrogens with one attached hydrogen (secondary N) is 2. The first-order valence-electron chi connectivity index (χ1n) is 9.85. The van der Waals surface area contributed by atoms with Gasteiger partial charge in [-0.05, 0) is 31.2 Å². The fraction of sp³-hybridized carbons (Fsp3) is 0.182. The molecule has 3 aromatic rings. The van der Waals surface area contributed by atoms with Crippen LogP contribution in [0, 0.1) is 0 Å². The number of aromatic nitrogens is 2. The van der Waals surface area contributed by atoms with Crippen LogP contribution in [-0.4, -0.2) is 41.0 Å². The standard InChI is InChI=1S/C22H20N4O6/c1-2-30-21(28)18-16(24-22(29)25-19(18)17-9-6-10-31-17)13-32-20(27)14-11-23-26(12-14)15-7-4-3-5-8-15/h3-12,19H,2,13H2,1H3,(H2,24,25,29). The molecule has 1 unspecified atom stereocenters. The maximum absolute atomic E-state index is 12.6. The Labute approximate surface area is 182 Å². The molecule has 1 atom stereocenters. The Kier molecular flexibility index (Phi) is 6.02. The summed E-state index contributed by atoms with van der Waals surface area (Å²) in [4.78, 5) is 37.4. The molecule has 2 N–H and O–H groups in total. The molecule has 4 rings (SSSR count). The van der Waals surface area contributed by atoms with E-state index in [4.69, 9.17) is 13.9 Å². The van der Waals surface area contributed by atoms with Crippen LogP contribution < -0.4 is 10.6 Å². The summed E-state index contributed by atoms with van der Waals surface area (Å²) in [6, 6.07) is 11.1. The molecule has 2 aromatic heterocycles. The van der Waals surface area contributed by atoms with Gasteiger partial charge in [-0.25, -0.2) is 19.1 Å². The lowest BCUT2D eigenvalue weighted by Crippen LogP contribution is -2.47. The Morgan fingerprint density at radius 2 is 1.94 bits per heavy atom. The molecule has 0 spiro atoms. The maximum atomic E-state index is 12.6. The summed E-state index contributed by atoms with van der Waals surface area (Å²) in [5.41, 5.74) is 1.20. The molecule has 1 aliphatic heterocycles. The third kappa shape index (κ3) is 4.38. The van der Waals surface area contributed by atoms with Crippen molar-refractivity contribution in [2.24, 2.45) is 0 Å². The lowest BCUT2D eigenvalue weighted by molar-refractivity contribution is -0.139. The largest absolute Gasteiger partial charge is 0.467 e. The minimum Gasteiger partial charge on any atom is -0.467 e. The van der Waals surface area contributed by atoms with E-state index in [2.05, 4.69) is 15.7 Å². The molecular weight excluding hydrogens is 416 g/mol. The average Bonchev–Trinajstić information content (AvgIpc) is 3.50. The first-order valence-corrected chi connectivity index (χ1v) is 9.85. The Morgan fingerprint density at radius 1 is 1.12 bits per heavy atom. The van der Waals surface area contributed by atoms with Crippen LogP contribution in [-0.2, 0) is 14.3 Å². The lowest BCUT2D eigenvalue weighted by Gasteiger charge is -2.27. The van der Waals surface area contributed by atoms with E-state index in [9.17, 15) is 14.4 Å². The number of para-hydroxylation sites is 1. The monoisotopic (exact) mass is 436 g/mol. The number of nitrogens with zero attached hydrogens (tertiary/aromatic N) is 2. The van der Waals surface area contributed by atoms with Crippen molar-refractivity contribution in [2.45, 2.75) is 13.0 Å². The highest BCUT2D eigenvalue weighted by Crippen LogP contribution is 2.28. The number of rotatable bonds is 7. The lowest BCUT2D eigenvalue weighted by atomic mass is 10.0. The molecule has 10 heteroatoms. The van der Waals surface area contributed by atoms with Crippen LogP contribution in [0.5, 0.6) is 0 Å². The summed E-state index contributed by atoms with van der Waals surface area (Å²) >= 11 is 0. The molecule has 1 aromatic carbocycles. The topological polar surface area (TPSA) is 125 Å². The second-order valence-electron chi connectivity index (χ2n) is 6.74. The van der Waals surface area contributed by atoms with Crippen molar-refractivity contribution in [3.63, 3.8) is 0 Å². The van der Waals surface area contributed by atoms with Crippen molar-refractivity contribution in [2.75, 3.05) is 13.2 Å². The van der Waals surface area contributed by atoms with Gasteiger partial charge < -0.3 is 24.5 Å². The Bertz CT molecular complexity index is 1150. The minimum absolute atomic E-state index is 0.0918. The van der Waals surface area contributed by atoms with Gasteiger partial charge in [0.05, 0.1) is 41.6 Å². The molecule has 0 radical (unpaired) electrons. The van der Waals surface area contributed by atoms with Crippen molar-refractivity contribution in [3.05, 3.63) is 83.7 Å². The van der Waals surface area contributed by atoms with E-state index < -0.39 is 24.0 Å². The number of carbonyl (C=O) groups is 3. The molecule has 0 saturated carbocycles. The molecule has 164 valence electrons. The number of hydrogen-bond donors (Lipinski definition) is 2. The summed E-state index contributed by atoms with van der Waals surface area (Å²) in [6.45, 7) is 1.44. The SMILES string of the molecule is CCOC(=O)C1=C(COC(=O)c2cnn(-c3ccccc3)c2)NC(=O)NC1c1ccco1. The summed E-state index contributed by atoms with van der Waals surface area (Å²) in [7, 11) is 0. The quantitative estimate of drug-likeness (QED) is 0.545. The zero-order chi connectivity index (χ0) is 22.5. The minimum atomic E-state index is -0.882. The molecule has 0 aliphatic carbocycles. The summed E-state index contributed by atoms with van der Waals surface area (Å²) < 4.78 is 17.4. The molecule has 32 heavy (non-hydrogen) atoms. The Morgan fingerprint density at radius 3 is 2.66 bits per heavy atom. The summed E-state index contributed by atoms with van der Waals surface area (Å²) in [6.07, 6.45) is 4.34. The van der Waals surface area contributed by atoms with Crippen LogP contribution in [0.1, 0.15) is 29.1 Å². The van der Waals surface area contributed by atoms with Gasteiger partial charge in [-0.1, -0.05) is 18.2 Å². The van der Waals surface area contributed by atoms with E-state index in [0.717, 1.165) is 5.69 Å². The predicted molar refractivity (Wildman–Crippen MR) is 111 cm³/mol. The molecule has 0 fully saturated rings. The second kappa shape index (κ2) is 9.21. The third-order valence-electron chi connectivity index (χ3n) is 4.66. The average molecular weight is 436 g/mol. The first kappa shape index (κ1) is 20.9. The number of hydrogen-bond acceptors (Lipinski definition) is 7. The van der Waals surface area contributed by atoms with Crippen LogP contribution in [0.2, 0.25) is 0 Å². The van der Waals surface area contributed by atoms with Gasteiger partial charge in [0.25, 0.3) is 0 Å². The number of carbonyl (C=O) groups excluding carboxylic acids is 3. The number of esters is 2. The van der Waals surface area contributed by atoms with Gasteiger partial charge in [0.2, 0.25) is 0 Å². The van der Waals surface area contributed by atoms with Gasteiger partial charge in [0.15, 0.2) is 0 Å². The predicted octanol–water partition coefficient (Wildman–Crippen LogP) is 2.49. The zero-order valence-electron chi connectivity index (χ0n) is 17.1. The molecule has 2 amide bonds. The number of furan rings is 1. The van der Waals surface area contributed by atoms with Gasteiger partial charge >= 0.3 is 18.0 Å². The second-order valence-corrected chi connectivity index (χ2v) is 6.74. The van der Waals surface area contributed by atoms with Crippen LogP contribution in [0.3, 0.4) is 0 Å². The molecule has 3 heterocycles. The van der Waals surface area contributed by atoms with Crippen LogP contribution in [0.15, 0.2) is 76.8 Å². The number of ether oxygens (including phenoxy) is 2. The van der Waals surface area contributed by atoms with E-state index in [-0.39, 0.29) is 30.0 Å². The number of urea groups is 1. The highest BCUT2D eigenvalue weighted by atomic mass is 16.5. The van der Waals surface area contributed by atoms with E-state index in [1.165, 1.54) is 18.7 Å². The van der Waals surface area contributed by atoms with Crippen LogP contribution >= 0.6 is 0 Å². The fourth-order valence-electron chi connectivity index (χ4n) is 3.22. The van der Waals surface area contributed by atoms with Gasteiger partial charge in [-0.15, -0.1) is 0 Å². The highest BCUT2D eigenvalue weighted by molar-refractivity contribution is 5.95. The van der Waals surface area contributed by atoms with Crippen molar-refractivity contribution in [1.29, 1.82) is 0 Å². The van der Waals surface area contributed by atoms with Gasteiger partial charge in [0.1, 0.15) is 18.4 Å². The summed E-state index contributed by atoms with van der Waals surface area (Å²) in [5.74, 6) is -0.981. The molecule has 1 aliphatic rings. The summed E-state index contributed by atoms with van der Waals surface area (Å²) in [5, 5.41) is 9.31. The van der Waals surface area contributed by atoms with Gasteiger partial charge in [-0.2, -0.15) is 5.10 Å². The highest BCUT2D eigenvalue weighted by Gasteiger charge is 2.35.